The first-order valence-corrected chi connectivity index (χ1v) is 10.3. The Kier molecular flexibility index (Phi) is 6.47. The summed E-state index contributed by atoms with van der Waals surface area (Å²) in [7, 11) is 0. The Morgan fingerprint density at radius 1 is 1.03 bits per heavy atom. The lowest BCUT2D eigenvalue weighted by molar-refractivity contribution is 0.0977. The fraction of sp³-hybridized carbons (Fsp3) is 0.0833. The number of aromatic amines is 1. The van der Waals surface area contributed by atoms with Crippen LogP contribution in [0.25, 0.3) is 10.9 Å². The summed E-state index contributed by atoms with van der Waals surface area (Å²) in [4.78, 5) is 20.3. The van der Waals surface area contributed by atoms with Crippen LogP contribution in [0.1, 0.15) is 15.9 Å². The van der Waals surface area contributed by atoms with Gasteiger partial charge in [0.1, 0.15) is 11.6 Å². The van der Waals surface area contributed by atoms with E-state index in [0.29, 0.717) is 18.7 Å². The van der Waals surface area contributed by atoms with Crippen LogP contribution in [0.5, 0.6) is 0 Å². The van der Waals surface area contributed by atoms with Crippen LogP contribution in [0.15, 0.2) is 77.9 Å². The summed E-state index contributed by atoms with van der Waals surface area (Å²) < 4.78 is 27.0. The molecule has 0 atom stereocenters. The minimum atomic E-state index is -0.617. The van der Waals surface area contributed by atoms with E-state index < -0.39 is 17.5 Å². The number of nitrogens with zero attached hydrogens (tertiary/aromatic N) is 1. The SMILES string of the molecule is O=C(NC(=NCCc1c[nH]c2ccccc12)Nc1cccc(F)c1)c1ccc(F)c(Cl)c1. The number of nitrogens with one attached hydrogen (secondary N) is 3. The molecule has 32 heavy (non-hydrogen) atoms. The van der Waals surface area contributed by atoms with Crippen LogP contribution in [0.4, 0.5) is 14.5 Å². The number of amides is 1. The van der Waals surface area contributed by atoms with Gasteiger partial charge in [0.15, 0.2) is 0 Å². The first-order chi connectivity index (χ1) is 15.5. The summed E-state index contributed by atoms with van der Waals surface area (Å²) in [5, 5.41) is 6.53. The van der Waals surface area contributed by atoms with Gasteiger partial charge in [-0.25, -0.2) is 8.78 Å². The fourth-order valence-electron chi connectivity index (χ4n) is 3.26. The number of hydrogen-bond donors (Lipinski definition) is 3. The maximum absolute atomic E-state index is 13.6. The molecule has 0 saturated carbocycles. The number of aliphatic imine (C=N–C) groups is 1. The van der Waals surface area contributed by atoms with Gasteiger partial charge in [-0.1, -0.05) is 35.9 Å². The molecule has 0 bridgehead atoms. The van der Waals surface area contributed by atoms with Gasteiger partial charge in [-0.3, -0.25) is 15.1 Å². The minimum absolute atomic E-state index is 0.140. The highest BCUT2D eigenvalue weighted by Gasteiger charge is 2.12. The third-order valence-electron chi connectivity index (χ3n) is 4.83. The zero-order valence-electron chi connectivity index (χ0n) is 16.8. The van der Waals surface area contributed by atoms with Crippen molar-refractivity contribution in [2.45, 2.75) is 6.42 Å². The Bertz CT molecular complexity index is 1300. The van der Waals surface area contributed by atoms with E-state index in [9.17, 15) is 13.6 Å². The van der Waals surface area contributed by atoms with Crippen molar-refractivity contribution < 1.29 is 13.6 Å². The highest BCUT2D eigenvalue weighted by molar-refractivity contribution is 6.31. The van der Waals surface area contributed by atoms with Gasteiger partial charge in [-0.15, -0.1) is 0 Å². The molecule has 1 aromatic heterocycles. The molecular formula is C24H19ClF2N4O. The third-order valence-corrected chi connectivity index (χ3v) is 5.12. The van der Waals surface area contributed by atoms with E-state index in [4.69, 9.17) is 11.6 Å². The van der Waals surface area contributed by atoms with Gasteiger partial charge < -0.3 is 10.3 Å². The fourth-order valence-corrected chi connectivity index (χ4v) is 3.44. The van der Waals surface area contributed by atoms with Gasteiger partial charge in [0.25, 0.3) is 5.91 Å². The van der Waals surface area contributed by atoms with Crippen LogP contribution in [0.3, 0.4) is 0 Å². The van der Waals surface area contributed by atoms with Crippen molar-refractivity contribution in [1.29, 1.82) is 0 Å². The van der Waals surface area contributed by atoms with Crippen molar-refractivity contribution in [3.63, 3.8) is 0 Å². The molecule has 0 unspecified atom stereocenters. The number of carbonyl (C=O) groups is 1. The van der Waals surface area contributed by atoms with Crippen molar-refractivity contribution in [3.05, 3.63) is 101 Å². The summed E-state index contributed by atoms with van der Waals surface area (Å²) in [6, 6.07) is 17.4. The number of benzene rings is 3. The number of para-hydroxylation sites is 1. The molecule has 1 heterocycles. The second kappa shape index (κ2) is 9.62. The predicted octanol–water partition coefficient (Wildman–Crippen LogP) is 5.54. The zero-order valence-corrected chi connectivity index (χ0v) is 17.6. The van der Waals surface area contributed by atoms with Gasteiger partial charge >= 0.3 is 0 Å². The molecule has 5 nitrogen and oxygen atoms in total. The lowest BCUT2D eigenvalue weighted by atomic mass is 10.1. The number of anilines is 1. The highest BCUT2D eigenvalue weighted by Crippen LogP contribution is 2.18. The van der Waals surface area contributed by atoms with Crippen LogP contribution in [0, 0.1) is 11.6 Å². The summed E-state index contributed by atoms with van der Waals surface area (Å²) in [6.45, 7) is 0.365. The highest BCUT2D eigenvalue weighted by atomic mass is 35.5. The maximum Gasteiger partial charge on any atom is 0.258 e. The van der Waals surface area contributed by atoms with E-state index in [-0.39, 0.29) is 16.5 Å². The number of guanidine groups is 1. The van der Waals surface area contributed by atoms with Gasteiger partial charge in [0.2, 0.25) is 5.96 Å². The van der Waals surface area contributed by atoms with Crippen molar-refractivity contribution in [1.82, 2.24) is 10.3 Å². The largest absolute Gasteiger partial charge is 0.361 e. The van der Waals surface area contributed by atoms with E-state index in [1.165, 1.54) is 24.3 Å². The second-order valence-corrected chi connectivity index (χ2v) is 7.47. The molecule has 0 aliphatic heterocycles. The van der Waals surface area contributed by atoms with E-state index in [2.05, 4.69) is 20.6 Å². The average Bonchev–Trinajstić information content (AvgIpc) is 3.19. The molecule has 3 N–H and O–H groups in total. The van der Waals surface area contributed by atoms with Crippen LogP contribution in [-0.2, 0) is 6.42 Å². The normalized spacial score (nSPS) is 11.5. The third kappa shape index (κ3) is 5.12. The van der Waals surface area contributed by atoms with Gasteiger partial charge in [-0.05, 0) is 54.4 Å². The summed E-state index contributed by atoms with van der Waals surface area (Å²) in [5.41, 5.74) is 2.72. The number of rotatable bonds is 5. The molecule has 0 aliphatic rings. The molecule has 8 heteroatoms. The first-order valence-electron chi connectivity index (χ1n) is 9.88. The zero-order chi connectivity index (χ0) is 22.5. The minimum Gasteiger partial charge on any atom is -0.361 e. The predicted molar refractivity (Wildman–Crippen MR) is 123 cm³/mol. The number of fused-ring (bicyclic) bond motifs is 1. The molecular weight excluding hydrogens is 434 g/mol. The number of H-pyrrole nitrogens is 1. The monoisotopic (exact) mass is 452 g/mol. The topological polar surface area (TPSA) is 69.3 Å². The molecule has 0 spiro atoms. The smallest absolute Gasteiger partial charge is 0.258 e. The van der Waals surface area contributed by atoms with Crippen LogP contribution >= 0.6 is 11.6 Å². The van der Waals surface area contributed by atoms with Gasteiger partial charge in [-0.2, -0.15) is 0 Å². The first kappa shape index (κ1) is 21.5. The molecule has 3 aromatic carbocycles. The average molecular weight is 453 g/mol. The van der Waals surface area contributed by atoms with E-state index >= 15 is 0 Å². The summed E-state index contributed by atoms with van der Waals surface area (Å²) in [6.07, 6.45) is 2.55. The van der Waals surface area contributed by atoms with Crippen molar-refractivity contribution in [2.24, 2.45) is 4.99 Å². The molecule has 0 saturated heterocycles. The van der Waals surface area contributed by atoms with Gasteiger partial charge in [0, 0.05) is 34.9 Å². The van der Waals surface area contributed by atoms with Crippen LogP contribution in [-0.4, -0.2) is 23.4 Å². The van der Waals surface area contributed by atoms with Crippen LogP contribution in [0.2, 0.25) is 5.02 Å². The molecule has 1 amide bonds. The number of hydrogen-bond acceptors (Lipinski definition) is 2. The Labute approximate surface area is 188 Å². The van der Waals surface area contributed by atoms with Crippen molar-refractivity contribution >= 4 is 40.1 Å². The quantitative estimate of drug-likeness (QED) is 0.275. The van der Waals surface area contributed by atoms with E-state index in [1.807, 2.05) is 30.5 Å². The Balaban J connectivity index is 1.53. The maximum atomic E-state index is 13.6. The molecule has 0 fully saturated rings. The molecule has 4 rings (SSSR count). The lowest BCUT2D eigenvalue weighted by Gasteiger charge is -2.12. The van der Waals surface area contributed by atoms with Gasteiger partial charge in [0.05, 0.1) is 5.02 Å². The van der Waals surface area contributed by atoms with E-state index in [1.54, 1.807) is 12.1 Å². The summed E-state index contributed by atoms with van der Waals surface area (Å²) in [5.74, 6) is -1.43. The number of halogens is 3. The van der Waals surface area contributed by atoms with Crippen molar-refractivity contribution in [3.8, 4) is 0 Å². The Morgan fingerprint density at radius 2 is 1.88 bits per heavy atom. The van der Waals surface area contributed by atoms with Crippen molar-refractivity contribution in [2.75, 3.05) is 11.9 Å². The summed E-state index contributed by atoms with van der Waals surface area (Å²) >= 11 is 5.78. The molecule has 0 aliphatic carbocycles. The second-order valence-electron chi connectivity index (χ2n) is 7.06. The molecule has 0 radical (unpaired) electrons. The van der Waals surface area contributed by atoms with Crippen LogP contribution < -0.4 is 10.6 Å². The lowest BCUT2D eigenvalue weighted by Crippen LogP contribution is -2.36. The Hall–Kier alpha value is -3.71. The standard InChI is InChI=1S/C24H19ClF2N4O/c25-20-12-15(8-9-21(20)27)23(32)31-24(30-18-5-3-4-17(26)13-18)28-11-10-16-14-29-22-7-2-1-6-19(16)22/h1-9,12-14,29H,10-11H2,(H2,28,30,31,32). The Morgan fingerprint density at radius 3 is 2.69 bits per heavy atom. The number of carbonyl (C=O) groups excluding carboxylic acids is 1. The van der Waals surface area contributed by atoms with E-state index in [0.717, 1.165) is 22.5 Å². The number of aromatic nitrogens is 1. The molecule has 162 valence electrons. The molecule has 4 aromatic rings.